The third kappa shape index (κ3) is 3.07. The molecule has 1 amide bonds. The molecule has 4 heteroatoms. The van der Waals surface area contributed by atoms with Gasteiger partial charge < -0.3 is 10.2 Å². The number of carbonyl (C=O) groups excluding carboxylic acids is 1. The molecule has 17 heavy (non-hydrogen) atoms. The van der Waals surface area contributed by atoms with Gasteiger partial charge >= 0.3 is 0 Å². The van der Waals surface area contributed by atoms with Gasteiger partial charge in [0, 0.05) is 23.5 Å². The Morgan fingerprint density at radius 1 is 1.41 bits per heavy atom. The molecule has 1 unspecified atom stereocenters. The Morgan fingerprint density at radius 3 is 2.94 bits per heavy atom. The van der Waals surface area contributed by atoms with Crippen LogP contribution in [0.1, 0.15) is 19.8 Å². The molecule has 0 aliphatic carbocycles. The summed E-state index contributed by atoms with van der Waals surface area (Å²) in [7, 11) is 0. The summed E-state index contributed by atoms with van der Waals surface area (Å²) in [4.78, 5) is 14.1. The maximum atomic E-state index is 12.2. The van der Waals surface area contributed by atoms with Gasteiger partial charge in [0.1, 0.15) is 0 Å². The van der Waals surface area contributed by atoms with Crippen molar-refractivity contribution >= 4 is 27.5 Å². The molecule has 0 bridgehead atoms. The van der Waals surface area contributed by atoms with Crippen LogP contribution in [-0.4, -0.2) is 25.0 Å². The highest BCUT2D eigenvalue weighted by atomic mass is 79.9. The lowest BCUT2D eigenvalue weighted by atomic mass is 10.1. The van der Waals surface area contributed by atoms with E-state index in [1.54, 1.807) is 0 Å². The molecule has 1 atom stereocenters. The van der Waals surface area contributed by atoms with Crippen LogP contribution in [0.2, 0.25) is 0 Å². The third-order valence-electron chi connectivity index (χ3n) is 2.98. The summed E-state index contributed by atoms with van der Waals surface area (Å²) < 4.78 is 0.981. The first-order valence-electron chi connectivity index (χ1n) is 5.97. The highest BCUT2D eigenvalue weighted by Crippen LogP contribution is 2.27. The summed E-state index contributed by atoms with van der Waals surface area (Å²) in [6.07, 6.45) is 1.54. The van der Waals surface area contributed by atoms with Crippen molar-refractivity contribution in [2.75, 3.05) is 18.0 Å². The van der Waals surface area contributed by atoms with Gasteiger partial charge in [-0.1, -0.05) is 12.1 Å². The normalized spacial score (nSPS) is 22.1. The number of rotatable bonds is 1. The minimum absolute atomic E-state index is 0.191. The monoisotopic (exact) mass is 296 g/mol. The van der Waals surface area contributed by atoms with Crippen LogP contribution in [-0.2, 0) is 4.79 Å². The van der Waals surface area contributed by atoms with E-state index >= 15 is 0 Å². The number of halogens is 1. The number of hydrogen-bond acceptors (Lipinski definition) is 2. The van der Waals surface area contributed by atoms with E-state index in [0.717, 1.165) is 29.7 Å². The van der Waals surface area contributed by atoms with E-state index in [4.69, 9.17) is 0 Å². The first-order chi connectivity index (χ1) is 8.18. The second-order valence-corrected chi connectivity index (χ2v) is 5.26. The highest BCUT2D eigenvalue weighted by Gasteiger charge is 2.21. The zero-order valence-electron chi connectivity index (χ0n) is 9.95. The van der Waals surface area contributed by atoms with E-state index in [0.29, 0.717) is 6.42 Å². The van der Waals surface area contributed by atoms with Crippen molar-refractivity contribution < 1.29 is 4.79 Å². The van der Waals surface area contributed by atoms with E-state index in [2.05, 4.69) is 28.2 Å². The van der Waals surface area contributed by atoms with E-state index in [9.17, 15) is 4.79 Å². The maximum Gasteiger partial charge on any atom is 0.228 e. The Hall–Kier alpha value is -0.870. The van der Waals surface area contributed by atoms with Crippen molar-refractivity contribution in [1.82, 2.24) is 5.32 Å². The van der Waals surface area contributed by atoms with Gasteiger partial charge in [0.15, 0.2) is 0 Å². The summed E-state index contributed by atoms with van der Waals surface area (Å²) in [5, 5.41) is 3.34. The van der Waals surface area contributed by atoms with E-state index in [1.165, 1.54) is 0 Å². The molecule has 0 aromatic heterocycles. The quantitative estimate of drug-likeness (QED) is 0.864. The van der Waals surface area contributed by atoms with Crippen molar-refractivity contribution in [3.63, 3.8) is 0 Å². The minimum Gasteiger partial charge on any atom is -0.314 e. The molecule has 1 aliphatic rings. The van der Waals surface area contributed by atoms with Crippen LogP contribution in [0.5, 0.6) is 0 Å². The lowest BCUT2D eigenvalue weighted by molar-refractivity contribution is -0.119. The summed E-state index contributed by atoms with van der Waals surface area (Å²) >= 11 is 3.51. The minimum atomic E-state index is 0.191. The topological polar surface area (TPSA) is 32.3 Å². The van der Waals surface area contributed by atoms with Crippen molar-refractivity contribution in [3.8, 4) is 0 Å². The fraction of sp³-hybridized carbons (Fsp3) is 0.462. The van der Waals surface area contributed by atoms with E-state index < -0.39 is 0 Å². The molecule has 1 heterocycles. The van der Waals surface area contributed by atoms with E-state index in [-0.39, 0.29) is 11.9 Å². The second-order valence-electron chi connectivity index (χ2n) is 4.41. The Labute approximate surface area is 110 Å². The number of nitrogens with one attached hydrogen (secondary N) is 1. The lowest BCUT2D eigenvalue weighted by Crippen LogP contribution is -2.42. The number of hydrogen-bond donors (Lipinski definition) is 1. The molecule has 92 valence electrons. The van der Waals surface area contributed by atoms with Gasteiger partial charge in [-0.25, -0.2) is 0 Å². The molecule has 0 radical (unpaired) electrons. The summed E-state index contributed by atoms with van der Waals surface area (Å²) in [5.41, 5.74) is 0.978. The number of carbonyl (C=O) groups is 1. The predicted octanol–water partition coefficient (Wildman–Crippen LogP) is 2.55. The van der Waals surface area contributed by atoms with Gasteiger partial charge in [-0.05, 0) is 48.0 Å². The molecule has 1 saturated heterocycles. The average Bonchev–Trinajstić information content (AvgIpc) is 2.28. The number of para-hydroxylation sites is 1. The number of anilines is 1. The molecular formula is C13H17BrN2O. The van der Waals surface area contributed by atoms with Crippen LogP contribution in [0, 0.1) is 0 Å². The molecule has 1 aromatic carbocycles. The second kappa shape index (κ2) is 5.65. The maximum absolute atomic E-state index is 12.2. The van der Waals surface area contributed by atoms with Crippen LogP contribution in [0.15, 0.2) is 28.7 Å². The van der Waals surface area contributed by atoms with Crippen LogP contribution < -0.4 is 10.2 Å². The highest BCUT2D eigenvalue weighted by molar-refractivity contribution is 9.10. The summed E-state index contributed by atoms with van der Waals surface area (Å²) in [6, 6.07) is 8.15. The molecule has 1 fully saturated rings. The average molecular weight is 297 g/mol. The first kappa shape index (κ1) is 12.6. The van der Waals surface area contributed by atoms with Crippen molar-refractivity contribution in [1.29, 1.82) is 0 Å². The Bertz CT molecular complexity index is 408. The Morgan fingerprint density at radius 2 is 2.18 bits per heavy atom. The fourth-order valence-corrected chi connectivity index (χ4v) is 2.58. The molecule has 0 spiro atoms. The summed E-state index contributed by atoms with van der Waals surface area (Å²) in [6.45, 7) is 3.80. The fourth-order valence-electron chi connectivity index (χ4n) is 2.08. The van der Waals surface area contributed by atoms with Crippen molar-refractivity contribution in [2.24, 2.45) is 0 Å². The molecule has 1 aliphatic heterocycles. The van der Waals surface area contributed by atoms with Crippen molar-refractivity contribution in [2.45, 2.75) is 25.8 Å². The number of benzene rings is 1. The van der Waals surface area contributed by atoms with Gasteiger partial charge in [-0.15, -0.1) is 0 Å². The van der Waals surface area contributed by atoms with Gasteiger partial charge in [0.05, 0.1) is 5.69 Å². The van der Waals surface area contributed by atoms with Crippen molar-refractivity contribution in [3.05, 3.63) is 28.7 Å². The Kier molecular flexibility index (Phi) is 4.18. The largest absolute Gasteiger partial charge is 0.314 e. The Balaban J connectivity index is 2.23. The standard InChI is InChI=1S/C13H17BrN2O/c1-10-9-13(17)16(8-4-7-15-10)12-6-3-2-5-11(12)14/h2-3,5-6,10,15H,4,7-9H2,1H3. The first-order valence-corrected chi connectivity index (χ1v) is 6.76. The molecule has 0 saturated carbocycles. The van der Waals surface area contributed by atoms with Gasteiger partial charge in [-0.3, -0.25) is 4.79 Å². The van der Waals surface area contributed by atoms with Crippen LogP contribution in [0.25, 0.3) is 0 Å². The van der Waals surface area contributed by atoms with Gasteiger partial charge in [-0.2, -0.15) is 0 Å². The smallest absolute Gasteiger partial charge is 0.228 e. The van der Waals surface area contributed by atoms with Gasteiger partial charge in [0.25, 0.3) is 0 Å². The molecule has 3 nitrogen and oxygen atoms in total. The predicted molar refractivity (Wildman–Crippen MR) is 73.2 cm³/mol. The zero-order valence-corrected chi connectivity index (χ0v) is 11.5. The number of nitrogens with zero attached hydrogens (tertiary/aromatic N) is 1. The lowest BCUT2D eigenvalue weighted by Gasteiger charge is -2.28. The molecular weight excluding hydrogens is 280 g/mol. The van der Waals surface area contributed by atoms with Crippen LogP contribution in [0.3, 0.4) is 0 Å². The van der Waals surface area contributed by atoms with Crippen LogP contribution in [0.4, 0.5) is 5.69 Å². The molecule has 1 N–H and O–H groups in total. The molecule has 1 aromatic rings. The summed E-state index contributed by atoms with van der Waals surface area (Å²) in [5.74, 6) is 0.191. The van der Waals surface area contributed by atoms with E-state index in [1.807, 2.05) is 29.2 Å². The zero-order chi connectivity index (χ0) is 12.3. The molecule has 2 rings (SSSR count). The number of amides is 1. The van der Waals surface area contributed by atoms with Gasteiger partial charge in [0.2, 0.25) is 5.91 Å². The SMILES string of the molecule is CC1CC(=O)N(c2ccccc2Br)CCCN1. The van der Waals surface area contributed by atoms with Crippen LogP contribution >= 0.6 is 15.9 Å². The third-order valence-corrected chi connectivity index (χ3v) is 3.65.